The zero-order valence-electron chi connectivity index (χ0n) is 20.5. The van der Waals surface area contributed by atoms with Crippen LogP contribution in [0, 0.1) is 5.82 Å². The molecule has 3 heterocycles. The van der Waals surface area contributed by atoms with Gasteiger partial charge in [0.15, 0.2) is 0 Å². The van der Waals surface area contributed by atoms with E-state index in [1.807, 2.05) is 27.5 Å². The molecule has 1 N–H and O–H groups in total. The van der Waals surface area contributed by atoms with Crippen molar-refractivity contribution in [1.29, 1.82) is 0 Å². The number of quaternary nitrogens is 1. The van der Waals surface area contributed by atoms with Crippen molar-refractivity contribution in [3.63, 3.8) is 0 Å². The average Bonchev–Trinajstić information content (AvgIpc) is 3.20. The van der Waals surface area contributed by atoms with E-state index in [9.17, 15) is 14.7 Å². The second-order valence-electron chi connectivity index (χ2n) is 10.5. The van der Waals surface area contributed by atoms with E-state index in [-0.39, 0.29) is 19.0 Å². The van der Waals surface area contributed by atoms with E-state index in [2.05, 4.69) is 24.3 Å². The maximum absolute atomic E-state index is 15.1. The van der Waals surface area contributed by atoms with Crippen LogP contribution in [0.4, 0.5) is 20.6 Å². The number of alkyl halides is 1. The second kappa shape index (κ2) is 10.7. The molecule has 3 aliphatic rings. The number of carbonyl (C=O) groups is 2. The molecule has 194 valence electrons. The zero-order chi connectivity index (χ0) is 25.2. The highest BCUT2D eigenvalue weighted by molar-refractivity contribution is 14.1. The minimum Gasteiger partial charge on any atom is -0.848 e. The molecule has 11 heteroatoms. The summed E-state index contributed by atoms with van der Waals surface area (Å²) in [7, 11) is 4.45. The molecule has 0 saturated carbocycles. The number of hydrogen-bond donors (Lipinski definition) is 1. The lowest BCUT2D eigenvalue weighted by Gasteiger charge is -2.51. The van der Waals surface area contributed by atoms with Crippen LogP contribution in [-0.4, -0.2) is 111 Å². The Kier molecular flexibility index (Phi) is 8.08. The van der Waals surface area contributed by atoms with Gasteiger partial charge >= 0.3 is 6.09 Å². The smallest absolute Gasteiger partial charge is 0.414 e. The van der Waals surface area contributed by atoms with E-state index in [0.29, 0.717) is 48.3 Å². The van der Waals surface area contributed by atoms with Crippen molar-refractivity contribution < 1.29 is 28.3 Å². The van der Waals surface area contributed by atoms with Crippen molar-refractivity contribution in [2.75, 3.05) is 87.2 Å². The number of piperazine rings is 1. The van der Waals surface area contributed by atoms with E-state index >= 15 is 4.39 Å². The number of rotatable bonds is 7. The normalized spacial score (nSPS) is 24.4. The fraction of sp³-hybridized carbons (Fsp3) is 0.667. The summed E-state index contributed by atoms with van der Waals surface area (Å²) in [6.07, 6.45) is -0.0768. The largest absolute Gasteiger partial charge is 0.848 e. The molecular formula is C24H35FIN5O4. The first-order valence-corrected chi connectivity index (χ1v) is 13.7. The summed E-state index contributed by atoms with van der Waals surface area (Å²) in [6.45, 7) is 6.05. The van der Waals surface area contributed by atoms with Crippen LogP contribution in [0.3, 0.4) is 0 Å². The SMILES string of the molecule is C[N+]1(C)CCN(CC2([O-])CCN(c3ccc(N4C[C@H](CNC(=O)CI)OC4=O)cc3F)CC2)CC1. The van der Waals surface area contributed by atoms with Gasteiger partial charge in [-0.1, -0.05) is 28.2 Å². The van der Waals surface area contributed by atoms with Crippen LogP contribution in [0.1, 0.15) is 12.8 Å². The van der Waals surface area contributed by atoms with E-state index in [4.69, 9.17) is 4.74 Å². The van der Waals surface area contributed by atoms with E-state index in [0.717, 1.165) is 30.7 Å². The summed E-state index contributed by atoms with van der Waals surface area (Å²) >= 11 is 1.96. The van der Waals surface area contributed by atoms with Gasteiger partial charge in [-0.05, 0) is 37.6 Å². The van der Waals surface area contributed by atoms with Gasteiger partial charge < -0.3 is 24.5 Å². The number of cyclic esters (lactones) is 1. The number of likely N-dealkylation sites (N-methyl/N-ethyl adjacent to an activating group) is 1. The molecule has 0 spiro atoms. The van der Waals surface area contributed by atoms with Crippen molar-refractivity contribution in [3.8, 4) is 0 Å². The third-order valence-corrected chi connectivity index (χ3v) is 8.03. The van der Waals surface area contributed by atoms with Crippen molar-refractivity contribution >= 4 is 46.0 Å². The zero-order valence-corrected chi connectivity index (χ0v) is 22.6. The number of halogens is 2. The van der Waals surface area contributed by atoms with Crippen LogP contribution >= 0.6 is 22.6 Å². The number of carbonyl (C=O) groups excluding carboxylic acids is 2. The number of ether oxygens (including phenoxy) is 1. The fourth-order valence-electron chi connectivity index (χ4n) is 4.96. The van der Waals surface area contributed by atoms with Gasteiger partial charge in [-0.15, -0.1) is 0 Å². The van der Waals surface area contributed by atoms with Crippen molar-refractivity contribution in [3.05, 3.63) is 24.0 Å². The quantitative estimate of drug-likeness (QED) is 0.282. The molecule has 3 aliphatic heterocycles. The van der Waals surface area contributed by atoms with E-state index < -0.39 is 23.6 Å². The third-order valence-electron chi connectivity index (χ3n) is 7.34. The van der Waals surface area contributed by atoms with Crippen molar-refractivity contribution in [1.82, 2.24) is 10.2 Å². The van der Waals surface area contributed by atoms with Gasteiger partial charge in [-0.2, -0.15) is 0 Å². The molecule has 2 amide bonds. The fourth-order valence-corrected chi connectivity index (χ4v) is 5.23. The molecular weight excluding hydrogens is 568 g/mol. The molecule has 3 saturated heterocycles. The Morgan fingerprint density at radius 3 is 2.57 bits per heavy atom. The first-order valence-electron chi connectivity index (χ1n) is 12.2. The maximum Gasteiger partial charge on any atom is 0.414 e. The Balaban J connectivity index is 1.31. The molecule has 0 bridgehead atoms. The Bertz CT molecular complexity index is 930. The lowest BCUT2D eigenvalue weighted by atomic mass is 9.90. The lowest BCUT2D eigenvalue weighted by molar-refractivity contribution is -0.894. The number of nitrogens with one attached hydrogen (secondary N) is 1. The lowest BCUT2D eigenvalue weighted by Crippen LogP contribution is -2.63. The van der Waals surface area contributed by atoms with Crippen molar-refractivity contribution in [2.24, 2.45) is 0 Å². The molecule has 4 rings (SSSR count). The molecule has 1 aromatic carbocycles. The van der Waals surface area contributed by atoms with Crippen LogP contribution in [0.15, 0.2) is 18.2 Å². The molecule has 1 atom stereocenters. The number of piperidine rings is 1. The molecule has 3 fully saturated rings. The van der Waals surface area contributed by atoms with Crippen LogP contribution in [0.25, 0.3) is 0 Å². The van der Waals surface area contributed by atoms with Gasteiger partial charge in [0.05, 0.1) is 56.1 Å². The first-order chi connectivity index (χ1) is 16.6. The molecule has 0 radical (unpaired) electrons. The summed E-state index contributed by atoms with van der Waals surface area (Å²) < 4.78 is 21.7. The Morgan fingerprint density at radius 2 is 1.94 bits per heavy atom. The summed E-state index contributed by atoms with van der Waals surface area (Å²) in [4.78, 5) is 29.3. The number of amides is 2. The topological polar surface area (TPSA) is 88.2 Å². The third kappa shape index (κ3) is 6.55. The number of anilines is 2. The predicted molar refractivity (Wildman–Crippen MR) is 138 cm³/mol. The monoisotopic (exact) mass is 603 g/mol. The van der Waals surface area contributed by atoms with Gasteiger partial charge in [0, 0.05) is 26.2 Å². The first kappa shape index (κ1) is 26.4. The van der Waals surface area contributed by atoms with Crippen LogP contribution in [0.5, 0.6) is 0 Å². The van der Waals surface area contributed by atoms with Gasteiger partial charge in [0.2, 0.25) is 5.91 Å². The minimum absolute atomic E-state index is 0.127. The molecule has 0 aliphatic carbocycles. The van der Waals surface area contributed by atoms with Crippen LogP contribution < -0.4 is 20.2 Å². The van der Waals surface area contributed by atoms with E-state index in [1.165, 1.54) is 11.0 Å². The summed E-state index contributed by atoms with van der Waals surface area (Å²) in [6, 6.07) is 4.72. The van der Waals surface area contributed by atoms with Crippen LogP contribution in [0.2, 0.25) is 0 Å². The Labute approximate surface area is 219 Å². The second-order valence-corrected chi connectivity index (χ2v) is 11.3. The highest BCUT2D eigenvalue weighted by atomic mass is 127. The standard InChI is InChI=1S/C24H35FIN5O4/c1-31(2)11-9-28(10-12-31)17-24(34)5-7-29(8-6-24)21-4-3-18(13-20(21)25)30-16-19(35-23(30)33)15-27-22(32)14-26/h3-4,13,19H,5-12,14-17H2,1-2H3,(H,27,32)/t19-/m0/s1. The molecule has 9 nitrogen and oxygen atoms in total. The number of benzene rings is 1. The highest BCUT2D eigenvalue weighted by Crippen LogP contribution is 2.31. The minimum atomic E-state index is -0.998. The highest BCUT2D eigenvalue weighted by Gasteiger charge is 2.34. The Morgan fingerprint density at radius 1 is 1.26 bits per heavy atom. The summed E-state index contributed by atoms with van der Waals surface area (Å²) in [5.41, 5.74) is -0.130. The number of hydrogen-bond acceptors (Lipinski definition) is 6. The van der Waals surface area contributed by atoms with Gasteiger partial charge in [0.25, 0.3) is 0 Å². The van der Waals surface area contributed by atoms with Gasteiger partial charge in [-0.25, -0.2) is 9.18 Å². The average molecular weight is 603 g/mol. The van der Waals surface area contributed by atoms with Crippen LogP contribution in [-0.2, 0) is 9.53 Å². The molecule has 0 unspecified atom stereocenters. The van der Waals surface area contributed by atoms with E-state index in [1.54, 1.807) is 12.1 Å². The molecule has 0 aromatic heterocycles. The van der Waals surface area contributed by atoms with Gasteiger partial charge in [0.1, 0.15) is 11.9 Å². The summed E-state index contributed by atoms with van der Waals surface area (Å²) in [5.74, 6) is -0.551. The molecule has 35 heavy (non-hydrogen) atoms. The Hall–Kier alpha value is -1.70. The maximum atomic E-state index is 15.1. The van der Waals surface area contributed by atoms with Crippen molar-refractivity contribution in [2.45, 2.75) is 24.5 Å². The predicted octanol–water partition coefficient (Wildman–Crippen LogP) is 0.793. The molecule has 1 aromatic rings. The number of nitrogens with zero attached hydrogens (tertiary/aromatic N) is 4. The van der Waals surface area contributed by atoms with Gasteiger partial charge in [-0.3, -0.25) is 14.6 Å². The summed E-state index contributed by atoms with van der Waals surface area (Å²) in [5, 5.41) is 16.1.